The van der Waals surface area contributed by atoms with Gasteiger partial charge in [0, 0.05) is 5.56 Å². The monoisotopic (exact) mass is 224 g/mol. The molecule has 84 valence electrons. The predicted octanol–water partition coefficient (Wildman–Crippen LogP) is 3.01. The number of hydrogen-bond acceptors (Lipinski definition) is 2. The number of benzene rings is 1. The van der Waals surface area contributed by atoms with Crippen LogP contribution in [0.3, 0.4) is 0 Å². The number of methoxy groups -OCH3 is 1. The van der Waals surface area contributed by atoms with Crippen LogP contribution in [-0.2, 0) is 0 Å². The molecule has 0 radical (unpaired) electrons. The van der Waals surface area contributed by atoms with Gasteiger partial charge in [-0.15, -0.1) is 0 Å². The zero-order valence-electron chi connectivity index (χ0n) is 9.50. The number of pyridine rings is 1. The molecule has 17 heavy (non-hydrogen) atoms. The summed E-state index contributed by atoms with van der Waals surface area (Å²) in [7, 11) is 1.67. The van der Waals surface area contributed by atoms with Gasteiger partial charge in [-0.2, -0.15) is 0 Å². The fourth-order valence-electron chi connectivity index (χ4n) is 1.89. The lowest BCUT2D eigenvalue weighted by molar-refractivity contribution is 0.412. The first-order valence-electron chi connectivity index (χ1n) is 5.45. The minimum Gasteiger partial charge on any atom is -0.495 e. The summed E-state index contributed by atoms with van der Waals surface area (Å²) in [5, 5.41) is 0. The Kier molecular flexibility index (Phi) is 2.29. The van der Waals surface area contributed by atoms with Crippen LogP contribution in [0.2, 0.25) is 0 Å². The second kappa shape index (κ2) is 3.94. The van der Waals surface area contributed by atoms with E-state index in [1.165, 1.54) is 0 Å². The molecule has 0 saturated heterocycles. The van der Waals surface area contributed by atoms with Crippen molar-refractivity contribution in [3.63, 3.8) is 0 Å². The highest BCUT2D eigenvalue weighted by Crippen LogP contribution is 2.21. The summed E-state index contributed by atoms with van der Waals surface area (Å²) in [6.07, 6.45) is 3.81. The molecular weight excluding hydrogens is 212 g/mol. The van der Waals surface area contributed by atoms with Crippen LogP contribution >= 0.6 is 0 Å². The molecule has 3 heteroatoms. The summed E-state index contributed by atoms with van der Waals surface area (Å²) in [4.78, 5) is 4.45. The highest BCUT2D eigenvalue weighted by Gasteiger charge is 2.06. The molecule has 0 amide bonds. The van der Waals surface area contributed by atoms with Crippen molar-refractivity contribution in [2.24, 2.45) is 0 Å². The van der Waals surface area contributed by atoms with E-state index in [0.717, 1.165) is 22.7 Å². The van der Waals surface area contributed by atoms with Crippen molar-refractivity contribution in [3.05, 3.63) is 54.9 Å². The van der Waals surface area contributed by atoms with Crippen LogP contribution in [0.5, 0.6) is 5.75 Å². The normalized spacial score (nSPS) is 10.6. The van der Waals surface area contributed by atoms with E-state index in [2.05, 4.69) is 4.98 Å². The smallest absolute Gasteiger partial charge is 0.144 e. The maximum atomic E-state index is 5.23. The van der Waals surface area contributed by atoms with E-state index in [1.807, 2.05) is 59.3 Å². The van der Waals surface area contributed by atoms with Crippen LogP contribution in [-0.4, -0.2) is 16.5 Å². The molecule has 0 aliphatic carbocycles. The third-order valence-corrected chi connectivity index (χ3v) is 2.77. The van der Waals surface area contributed by atoms with Crippen molar-refractivity contribution in [1.29, 1.82) is 0 Å². The summed E-state index contributed by atoms with van der Waals surface area (Å²) in [6, 6.07) is 14.1. The topological polar surface area (TPSA) is 26.5 Å². The molecule has 0 unspecified atom stereocenters. The maximum Gasteiger partial charge on any atom is 0.144 e. The Labute approximate surface area is 99.3 Å². The summed E-state index contributed by atoms with van der Waals surface area (Å²) in [5.41, 5.74) is 2.16. The van der Waals surface area contributed by atoms with Crippen molar-refractivity contribution < 1.29 is 4.74 Å². The highest BCUT2D eigenvalue weighted by molar-refractivity contribution is 5.62. The summed E-state index contributed by atoms with van der Waals surface area (Å²) in [5.74, 6) is 1.76. The summed E-state index contributed by atoms with van der Waals surface area (Å²) < 4.78 is 7.27. The second-order valence-electron chi connectivity index (χ2n) is 3.81. The van der Waals surface area contributed by atoms with E-state index in [0.29, 0.717) is 0 Å². The molecule has 0 bridgehead atoms. The van der Waals surface area contributed by atoms with Gasteiger partial charge in [-0.25, -0.2) is 4.98 Å². The quantitative estimate of drug-likeness (QED) is 0.669. The summed E-state index contributed by atoms with van der Waals surface area (Å²) >= 11 is 0. The lowest BCUT2D eigenvalue weighted by Gasteiger charge is -2.04. The van der Waals surface area contributed by atoms with Crippen LogP contribution in [0.25, 0.3) is 16.9 Å². The highest BCUT2D eigenvalue weighted by atomic mass is 16.5. The molecule has 1 aromatic carbocycles. The van der Waals surface area contributed by atoms with Crippen molar-refractivity contribution >= 4 is 5.52 Å². The van der Waals surface area contributed by atoms with E-state index in [9.17, 15) is 0 Å². The van der Waals surface area contributed by atoms with Gasteiger partial charge in [-0.1, -0.05) is 30.3 Å². The molecule has 3 rings (SSSR count). The Bertz CT molecular complexity index is 644. The Morgan fingerprint density at radius 3 is 2.65 bits per heavy atom. The zero-order chi connectivity index (χ0) is 11.7. The molecule has 0 atom stereocenters. The minimum absolute atomic E-state index is 0.827. The molecule has 2 heterocycles. The Hall–Kier alpha value is -2.29. The van der Waals surface area contributed by atoms with Gasteiger partial charge >= 0.3 is 0 Å². The molecule has 3 aromatic rings. The molecule has 0 spiro atoms. The Morgan fingerprint density at radius 2 is 1.88 bits per heavy atom. The molecular formula is C14H12N2O. The fourth-order valence-corrected chi connectivity index (χ4v) is 1.89. The van der Waals surface area contributed by atoms with Crippen molar-refractivity contribution in [3.8, 4) is 17.1 Å². The Balaban J connectivity index is 2.23. The molecule has 3 nitrogen and oxygen atoms in total. The van der Waals surface area contributed by atoms with Gasteiger partial charge in [-0.05, 0) is 12.1 Å². The minimum atomic E-state index is 0.827. The number of rotatable bonds is 2. The number of ether oxygens (including phenoxy) is 1. The summed E-state index contributed by atoms with van der Waals surface area (Å²) in [6.45, 7) is 0. The van der Waals surface area contributed by atoms with Crippen LogP contribution in [0.15, 0.2) is 54.9 Å². The predicted molar refractivity (Wildman–Crippen MR) is 67.2 cm³/mol. The van der Waals surface area contributed by atoms with E-state index >= 15 is 0 Å². The van der Waals surface area contributed by atoms with Gasteiger partial charge in [0.25, 0.3) is 0 Å². The molecule has 0 aliphatic rings. The number of imidazole rings is 1. The zero-order valence-corrected chi connectivity index (χ0v) is 9.50. The van der Waals surface area contributed by atoms with Gasteiger partial charge in [0.1, 0.15) is 11.6 Å². The van der Waals surface area contributed by atoms with E-state index < -0.39 is 0 Å². The number of hydrogen-bond donors (Lipinski definition) is 0. The SMILES string of the molecule is COc1ccc2cnc(-c3ccccc3)n2c1. The van der Waals surface area contributed by atoms with Gasteiger partial charge in [0.15, 0.2) is 0 Å². The Morgan fingerprint density at radius 1 is 1.06 bits per heavy atom. The third-order valence-electron chi connectivity index (χ3n) is 2.77. The van der Waals surface area contributed by atoms with Crippen molar-refractivity contribution in [1.82, 2.24) is 9.38 Å². The fraction of sp³-hybridized carbons (Fsp3) is 0.0714. The van der Waals surface area contributed by atoms with Crippen LogP contribution < -0.4 is 4.74 Å². The average molecular weight is 224 g/mol. The lowest BCUT2D eigenvalue weighted by Crippen LogP contribution is -1.91. The van der Waals surface area contributed by atoms with Gasteiger partial charge in [0.2, 0.25) is 0 Å². The van der Waals surface area contributed by atoms with Crippen LogP contribution in [0.4, 0.5) is 0 Å². The molecule has 0 N–H and O–H groups in total. The first-order valence-corrected chi connectivity index (χ1v) is 5.45. The second-order valence-corrected chi connectivity index (χ2v) is 3.81. The van der Waals surface area contributed by atoms with Gasteiger partial charge in [-0.3, -0.25) is 4.40 Å². The standard InChI is InChI=1S/C14H12N2O/c1-17-13-8-7-12-9-15-14(16(12)10-13)11-5-3-2-4-6-11/h2-10H,1H3. The van der Waals surface area contributed by atoms with Gasteiger partial charge < -0.3 is 4.74 Å². The van der Waals surface area contributed by atoms with Crippen molar-refractivity contribution in [2.45, 2.75) is 0 Å². The van der Waals surface area contributed by atoms with E-state index in [4.69, 9.17) is 4.74 Å². The first kappa shape index (κ1) is 9.90. The first-order chi connectivity index (χ1) is 8.38. The molecule has 0 fully saturated rings. The maximum absolute atomic E-state index is 5.23. The lowest BCUT2D eigenvalue weighted by atomic mass is 10.2. The third kappa shape index (κ3) is 1.65. The van der Waals surface area contributed by atoms with Crippen molar-refractivity contribution in [2.75, 3.05) is 7.11 Å². The largest absolute Gasteiger partial charge is 0.495 e. The van der Waals surface area contributed by atoms with E-state index in [1.54, 1.807) is 7.11 Å². The number of fused-ring (bicyclic) bond motifs is 1. The number of aromatic nitrogens is 2. The van der Waals surface area contributed by atoms with Crippen LogP contribution in [0, 0.1) is 0 Å². The van der Waals surface area contributed by atoms with Gasteiger partial charge in [0.05, 0.1) is 25.0 Å². The molecule has 0 aliphatic heterocycles. The van der Waals surface area contributed by atoms with Crippen LogP contribution in [0.1, 0.15) is 0 Å². The molecule has 0 saturated carbocycles. The molecule has 2 aromatic heterocycles. The number of nitrogens with zero attached hydrogens (tertiary/aromatic N) is 2. The average Bonchev–Trinajstić information content (AvgIpc) is 2.82. The van der Waals surface area contributed by atoms with E-state index in [-0.39, 0.29) is 0 Å².